The molecule has 3 heteroatoms. The van der Waals surface area contributed by atoms with E-state index in [1.54, 1.807) is 4.90 Å². The summed E-state index contributed by atoms with van der Waals surface area (Å²) in [7, 11) is 3.64. The van der Waals surface area contributed by atoms with Crippen molar-refractivity contribution in [3.63, 3.8) is 0 Å². The Morgan fingerprint density at radius 2 is 1.88 bits per heavy atom. The number of rotatable bonds is 1. The maximum absolute atomic E-state index is 11.7. The van der Waals surface area contributed by atoms with Gasteiger partial charge < -0.3 is 10.2 Å². The second-order valence-electron chi connectivity index (χ2n) is 6.10. The smallest absolute Gasteiger partial charge is 0.317 e. The van der Waals surface area contributed by atoms with Gasteiger partial charge in [-0.2, -0.15) is 0 Å². The van der Waals surface area contributed by atoms with Crippen molar-refractivity contribution < 1.29 is 4.79 Å². The third-order valence-electron chi connectivity index (χ3n) is 5.14. The molecule has 3 saturated carbocycles. The maximum Gasteiger partial charge on any atom is 0.317 e. The van der Waals surface area contributed by atoms with Crippen molar-refractivity contribution >= 4 is 6.03 Å². The summed E-state index contributed by atoms with van der Waals surface area (Å²) < 4.78 is 0. The molecule has 2 amide bonds. The first-order valence-electron chi connectivity index (χ1n) is 6.64. The molecule has 1 N–H and O–H groups in total. The van der Waals surface area contributed by atoms with Crippen LogP contribution >= 0.6 is 0 Å². The first kappa shape index (κ1) is 10.4. The fourth-order valence-corrected chi connectivity index (χ4v) is 4.52. The molecule has 0 spiro atoms. The lowest BCUT2D eigenvalue weighted by Gasteiger charge is -2.32. The molecule has 3 rings (SSSR count). The zero-order valence-corrected chi connectivity index (χ0v) is 10.3. The van der Waals surface area contributed by atoms with Gasteiger partial charge in [0.1, 0.15) is 0 Å². The predicted molar refractivity (Wildman–Crippen MR) is 63.1 cm³/mol. The Morgan fingerprint density at radius 3 is 2.62 bits per heavy atom. The van der Waals surface area contributed by atoms with Crippen molar-refractivity contribution in [1.29, 1.82) is 0 Å². The van der Waals surface area contributed by atoms with E-state index in [9.17, 15) is 4.79 Å². The maximum atomic E-state index is 11.7. The van der Waals surface area contributed by atoms with Gasteiger partial charge in [-0.1, -0.05) is 6.42 Å². The van der Waals surface area contributed by atoms with Crippen LogP contribution in [0.3, 0.4) is 0 Å². The van der Waals surface area contributed by atoms with Gasteiger partial charge in [0.25, 0.3) is 0 Å². The highest BCUT2D eigenvalue weighted by Crippen LogP contribution is 2.58. The number of urea groups is 1. The summed E-state index contributed by atoms with van der Waals surface area (Å²) in [5.41, 5.74) is 0. The Hall–Kier alpha value is -0.730. The molecule has 0 aliphatic heterocycles. The summed E-state index contributed by atoms with van der Waals surface area (Å²) in [6, 6.07) is 0.561. The number of carbonyl (C=O) groups is 1. The van der Waals surface area contributed by atoms with Crippen LogP contribution in [0.15, 0.2) is 0 Å². The molecule has 0 aromatic carbocycles. The van der Waals surface area contributed by atoms with E-state index in [0.29, 0.717) is 6.04 Å². The number of fused-ring (bicyclic) bond motifs is 5. The van der Waals surface area contributed by atoms with Gasteiger partial charge in [0.05, 0.1) is 0 Å². The molecule has 3 nitrogen and oxygen atoms in total. The Balaban J connectivity index is 1.66. The molecule has 0 saturated heterocycles. The summed E-state index contributed by atoms with van der Waals surface area (Å²) in [4.78, 5) is 13.3. The van der Waals surface area contributed by atoms with Crippen LogP contribution in [0.1, 0.15) is 32.1 Å². The summed E-state index contributed by atoms with van der Waals surface area (Å²) in [6.45, 7) is 0. The lowest BCUT2D eigenvalue weighted by atomic mass is 9.79. The molecule has 0 aromatic heterocycles. The largest absolute Gasteiger partial charge is 0.335 e. The van der Waals surface area contributed by atoms with E-state index in [0.717, 1.165) is 23.7 Å². The summed E-state index contributed by atoms with van der Waals surface area (Å²) >= 11 is 0. The van der Waals surface area contributed by atoms with Gasteiger partial charge in [-0.25, -0.2) is 4.79 Å². The SMILES string of the molecule is CN(C)C(=O)N[C@H]1C[C@H]2C[C@@H]1C1CCCC12. The second-order valence-corrected chi connectivity index (χ2v) is 6.10. The van der Waals surface area contributed by atoms with Gasteiger partial charge in [0, 0.05) is 20.1 Å². The molecule has 3 aliphatic rings. The standard InChI is InChI=1S/C13H22N2O/c1-15(2)13(16)14-12-7-8-6-11(12)10-5-3-4-9(8)10/h8-12H,3-7H2,1-2H3,(H,14,16)/t8-,9?,10?,11-,12+/m1/s1. The first-order chi connectivity index (χ1) is 7.66. The van der Waals surface area contributed by atoms with Gasteiger partial charge in [-0.05, 0) is 49.4 Å². The highest BCUT2D eigenvalue weighted by atomic mass is 16.2. The monoisotopic (exact) mass is 222 g/mol. The van der Waals surface area contributed by atoms with Crippen LogP contribution in [-0.4, -0.2) is 31.1 Å². The van der Waals surface area contributed by atoms with Crippen molar-refractivity contribution in [2.75, 3.05) is 14.1 Å². The number of hydrogen-bond acceptors (Lipinski definition) is 1. The fraction of sp³-hybridized carbons (Fsp3) is 0.923. The van der Waals surface area contributed by atoms with E-state index in [-0.39, 0.29) is 6.03 Å². The lowest BCUT2D eigenvalue weighted by Crippen LogP contribution is -2.46. The second kappa shape index (κ2) is 3.64. The highest BCUT2D eigenvalue weighted by molar-refractivity contribution is 5.73. The van der Waals surface area contributed by atoms with Gasteiger partial charge in [0.2, 0.25) is 0 Å². The molecule has 0 radical (unpaired) electrons. The zero-order chi connectivity index (χ0) is 11.3. The molecule has 90 valence electrons. The van der Waals surface area contributed by atoms with Gasteiger partial charge in [-0.15, -0.1) is 0 Å². The summed E-state index contributed by atoms with van der Waals surface area (Å²) in [5.74, 6) is 3.66. The number of carbonyl (C=O) groups excluding carboxylic acids is 1. The van der Waals surface area contributed by atoms with Crippen molar-refractivity contribution in [2.24, 2.45) is 23.7 Å². The Labute approximate surface area is 97.6 Å². The van der Waals surface area contributed by atoms with Crippen LogP contribution in [0, 0.1) is 23.7 Å². The molecule has 16 heavy (non-hydrogen) atoms. The predicted octanol–water partition coefficient (Wildman–Crippen LogP) is 2.08. The van der Waals surface area contributed by atoms with Crippen molar-refractivity contribution in [2.45, 2.75) is 38.1 Å². The molecule has 2 unspecified atom stereocenters. The van der Waals surface area contributed by atoms with Crippen LogP contribution in [0.2, 0.25) is 0 Å². The minimum atomic E-state index is 0.0899. The normalized spacial score (nSPS) is 44.5. The van der Waals surface area contributed by atoms with E-state index in [1.165, 1.54) is 32.1 Å². The van der Waals surface area contributed by atoms with E-state index >= 15 is 0 Å². The third-order valence-corrected chi connectivity index (χ3v) is 5.14. The summed E-state index contributed by atoms with van der Waals surface area (Å²) in [6.07, 6.45) is 6.93. The van der Waals surface area contributed by atoms with Gasteiger partial charge in [0.15, 0.2) is 0 Å². The minimum Gasteiger partial charge on any atom is -0.335 e. The Morgan fingerprint density at radius 1 is 1.12 bits per heavy atom. The van der Waals surface area contributed by atoms with Crippen LogP contribution < -0.4 is 5.32 Å². The zero-order valence-electron chi connectivity index (χ0n) is 10.3. The topological polar surface area (TPSA) is 32.3 Å². The number of nitrogens with one attached hydrogen (secondary N) is 1. The van der Waals surface area contributed by atoms with Crippen LogP contribution in [0.4, 0.5) is 4.79 Å². The number of nitrogens with zero attached hydrogens (tertiary/aromatic N) is 1. The molecular formula is C13H22N2O. The van der Waals surface area contributed by atoms with Crippen molar-refractivity contribution in [1.82, 2.24) is 10.2 Å². The Bertz CT molecular complexity index is 302. The van der Waals surface area contributed by atoms with Crippen LogP contribution in [-0.2, 0) is 0 Å². The third kappa shape index (κ3) is 1.44. The number of hydrogen-bond donors (Lipinski definition) is 1. The lowest BCUT2D eigenvalue weighted by molar-refractivity contribution is 0.184. The van der Waals surface area contributed by atoms with E-state index < -0.39 is 0 Å². The molecule has 3 aliphatic carbocycles. The molecule has 2 bridgehead atoms. The minimum absolute atomic E-state index is 0.0899. The number of amides is 2. The fourth-order valence-electron chi connectivity index (χ4n) is 4.52. The van der Waals surface area contributed by atoms with E-state index in [4.69, 9.17) is 0 Å². The van der Waals surface area contributed by atoms with Crippen LogP contribution in [0.25, 0.3) is 0 Å². The average molecular weight is 222 g/mol. The van der Waals surface area contributed by atoms with Gasteiger partial charge in [-0.3, -0.25) is 0 Å². The average Bonchev–Trinajstić information content (AvgIpc) is 2.87. The molecule has 0 aromatic rings. The van der Waals surface area contributed by atoms with Crippen molar-refractivity contribution in [3.05, 3.63) is 0 Å². The molecular weight excluding hydrogens is 200 g/mol. The Kier molecular flexibility index (Phi) is 2.37. The summed E-state index contributed by atoms with van der Waals surface area (Å²) in [5, 5.41) is 3.21. The van der Waals surface area contributed by atoms with Crippen molar-refractivity contribution in [3.8, 4) is 0 Å². The van der Waals surface area contributed by atoms with E-state index in [1.807, 2.05) is 14.1 Å². The van der Waals surface area contributed by atoms with Crippen LogP contribution in [0.5, 0.6) is 0 Å². The highest BCUT2D eigenvalue weighted by Gasteiger charge is 2.54. The van der Waals surface area contributed by atoms with Gasteiger partial charge >= 0.3 is 6.03 Å². The quantitative estimate of drug-likeness (QED) is 0.724. The molecule has 0 heterocycles. The molecule has 5 atom stereocenters. The van der Waals surface area contributed by atoms with E-state index in [2.05, 4.69) is 5.32 Å². The first-order valence-corrected chi connectivity index (χ1v) is 6.64. The molecule has 3 fully saturated rings.